The topological polar surface area (TPSA) is 38.5 Å². The number of hydrogen-bond acceptors (Lipinski definition) is 3. The van der Waals surface area contributed by atoms with Crippen molar-refractivity contribution in [3.8, 4) is 0 Å². The summed E-state index contributed by atoms with van der Waals surface area (Å²) in [7, 11) is 0. The van der Waals surface area contributed by atoms with Crippen LogP contribution < -0.4 is 10.6 Å². The Hall–Kier alpha value is -1.13. The second kappa shape index (κ2) is 6.16. The fourth-order valence-corrected chi connectivity index (χ4v) is 2.44. The Labute approximate surface area is 108 Å². The lowest BCUT2D eigenvalue weighted by molar-refractivity contribution is 0.0382. The normalized spacial score (nSPS) is 20.2. The maximum Gasteiger partial charge on any atom is 0.146 e. The number of ether oxygens (including phenoxy) is 1. The highest BCUT2D eigenvalue weighted by Gasteiger charge is 2.23. The molecule has 100 valence electrons. The van der Waals surface area contributed by atoms with Crippen LogP contribution in [0.25, 0.3) is 0 Å². The van der Waals surface area contributed by atoms with Crippen molar-refractivity contribution in [2.45, 2.75) is 25.9 Å². The van der Waals surface area contributed by atoms with E-state index in [1.165, 1.54) is 6.07 Å². The Bertz CT molecular complexity index is 397. The molecular formula is C14H21FN2O. The number of para-hydroxylation sites is 1. The first kappa shape index (κ1) is 13.3. The SMILES string of the molecule is CCC1CN(c2c(F)cccc2CCN)CCO1. The van der Waals surface area contributed by atoms with Crippen LogP contribution in [0.1, 0.15) is 18.9 Å². The zero-order valence-electron chi connectivity index (χ0n) is 10.9. The quantitative estimate of drug-likeness (QED) is 0.890. The van der Waals surface area contributed by atoms with Crippen molar-refractivity contribution in [3.63, 3.8) is 0 Å². The highest BCUT2D eigenvalue weighted by Crippen LogP contribution is 2.27. The van der Waals surface area contributed by atoms with E-state index in [0.717, 1.165) is 25.1 Å². The Morgan fingerprint density at radius 1 is 1.50 bits per heavy atom. The van der Waals surface area contributed by atoms with Crippen LogP contribution in [-0.4, -0.2) is 32.3 Å². The molecule has 1 aliphatic rings. The van der Waals surface area contributed by atoms with Gasteiger partial charge in [0.15, 0.2) is 0 Å². The summed E-state index contributed by atoms with van der Waals surface area (Å²) in [6, 6.07) is 5.23. The van der Waals surface area contributed by atoms with Crippen LogP contribution in [-0.2, 0) is 11.2 Å². The summed E-state index contributed by atoms with van der Waals surface area (Å²) < 4.78 is 19.7. The number of morpholine rings is 1. The predicted octanol–water partition coefficient (Wildman–Crippen LogP) is 1.94. The first-order valence-electron chi connectivity index (χ1n) is 6.60. The predicted molar refractivity (Wildman–Crippen MR) is 71.4 cm³/mol. The van der Waals surface area contributed by atoms with Crippen molar-refractivity contribution in [2.75, 3.05) is 31.1 Å². The van der Waals surface area contributed by atoms with Gasteiger partial charge in [-0.25, -0.2) is 4.39 Å². The summed E-state index contributed by atoms with van der Waals surface area (Å²) in [6.45, 7) is 4.80. The molecule has 1 fully saturated rings. The molecule has 1 atom stereocenters. The van der Waals surface area contributed by atoms with Crippen LogP contribution >= 0.6 is 0 Å². The average molecular weight is 252 g/mol. The molecule has 1 heterocycles. The van der Waals surface area contributed by atoms with Crippen molar-refractivity contribution in [1.29, 1.82) is 0 Å². The Kier molecular flexibility index (Phi) is 4.55. The Morgan fingerprint density at radius 2 is 2.33 bits per heavy atom. The molecule has 0 aromatic heterocycles. The summed E-state index contributed by atoms with van der Waals surface area (Å²) in [5.74, 6) is -0.155. The molecule has 1 unspecified atom stereocenters. The van der Waals surface area contributed by atoms with Crippen LogP contribution in [0, 0.1) is 5.82 Å². The van der Waals surface area contributed by atoms with E-state index in [9.17, 15) is 4.39 Å². The molecule has 1 aromatic carbocycles. The van der Waals surface area contributed by atoms with Crippen LogP contribution in [0.5, 0.6) is 0 Å². The maximum atomic E-state index is 14.1. The number of benzene rings is 1. The standard InChI is InChI=1S/C14H21FN2O/c1-2-12-10-17(8-9-18-12)14-11(6-7-16)4-3-5-13(14)15/h3-5,12H,2,6-10,16H2,1H3. The number of anilines is 1. The average Bonchev–Trinajstić information content (AvgIpc) is 2.39. The van der Waals surface area contributed by atoms with Crippen molar-refractivity contribution >= 4 is 5.69 Å². The summed E-state index contributed by atoms with van der Waals surface area (Å²) in [6.07, 6.45) is 1.86. The first-order valence-corrected chi connectivity index (χ1v) is 6.60. The minimum Gasteiger partial charge on any atom is -0.375 e. The Morgan fingerprint density at radius 3 is 3.06 bits per heavy atom. The largest absolute Gasteiger partial charge is 0.375 e. The smallest absolute Gasteiger partial charge is 0.146 e. The number of nitrogens with two attached hydrogens (primary N) is 1. The fourth-order valence-electron chi connectivity index (χ4n) is 2.44. The second-order valence-electron chi connectivity index (χ2n) is 4.63. The van der Waals surface area contributed by atoms with Crippen molar-refractivity contribution in [1.82, 2.24) is 0 Å². The lowest BCUT2D eigenvalue weighted by Gasteiger charge is -2.35. The van der Waals surface area contributed by atoms with Crippen molar-refractivity contribution in [2.24, 2.45) is 5.73 Å². The van der Waals surface area contributed by atoms with Crippen LogP contribution in [0.3, 0.4) is 0 Å². The summed E-state index contributed by atoms with van der Waals surface area (Å²) in [4.78, 5) is 2.10. The first-order chi connectivity index (χ1) is 8.76. The summed E-state index contributed by atoms with van der Waals surface area (Å²) in [5, 5.41) is 0. The third-order valence-corrected chi connectivity index (χ3v) is 3.39. The molecule has 0 saturated carbocycles. The van der Waals surface area contributed by atoms with E-state index in [4.69, 9.17) is 10.5 Å². The van der Waals surface area contributed by atoms with Gasteiger partial charge in [0.2, 0.25) is 0 Å². The van der Waals surface area contributed by atoms with Gasteiger partial charge in [0.1, 0.15) is 5.82 Å². The second-order valence-corrected chi connectivity index (χ2v) is 4.63. The molecular weight excluding hydrogens is 231 g/mol. The molecule has 1 aromatic rings. The molecule has 0 spiro atoms. The van der Waals surface area contributed by atoms with E-state index >= 15 is 0 Å². The lowest BCUT2D eigenvalue weighted by atomic mass is 10.1. The molecule has 2 rings (SSSR count). The monoisotopic (exact) mass is 252 g/mol. The fraction of sp³-hybridized carbons (Fsp3) is 0.571. The van der Waals surface area contributed by atoms with Gasteiger partial charge in [-0.05, 0) is 31.0 Å². The summed E-state index contributed by atoms with van der Waals surface area (Å²) >= 11 is 0. The highest BCUT2D eigenvalue weighted by atomic mass is 19.1. The molecule has 3 nitrogen and oxygen atoms in total. The lowest BCUT2D eigenvalue weighted by Crippen LogP contribution is -2.43. The zero-order valence-corrected chi connectivity index (χ0v) is 10.9. The van der Waals surface area contributed by atoms with Crippen LogP contribution in [0.4, 0.5) is 10.1 Å². The molecule has 2 N–H and O–H groups in total. The number of nitrogens with zero attached hydrogens (tertiary/aromatic N) is 1. The van der Waals surface area contributed by atoms with Gasteiger partial charge in [-0.3, -0.25) is 0 Å². The van der Waals surface area contributed by atoms with E-state index in [1.54, 1.807) is 6.07 Å². The molecule has 1 saturated heterocycles. The molecule has 0 aliphatic carbocycles. The van der Waals surface area contributed by atoms with Crippen molar-refractivity contribution < 1.29 is 9.13 Å². The number of rotatable bonds is 4. The van der Waals surface area contributed by atoms with Gasteiger partial charge in [0.05, 0.1) is 18.4 Å². The van der Waals surface area contributed by atoms with Gasteiger partial charge in [-0.2, -0.15) is 0 Å². The van der Waals surface area contributed by atoms with E-state index in [2.05, 4.69) is 11.8 Å². The van der Waals surface area contributed by atoms with Gasteiger partial charge in [0.25, 0.3) is 0 Å². The summed E-state index contributed by atoms with van der Waals surface area (Å²) in [5.41, 5.74) is 7.30. The Balaban J connectivity index is 2.25. The molecule has 1 aliphatic heterocycles. The minimum absolute atomic E-state index is 0.155. The van der Waals surface area contributed by atoms with Crippen LogP contribution in [0.2, 0.25) is 0 Å². The van der Waals surface area contributed by atoms with Crippen LogP contribution in [0.15, 0.2) is 18.2 Å². The van der Waals surface area contributed by atoms with Gasteiger partial charge in [-0.1, -0.05) is 19.1 Å². The maximum absolute atomic E-state index is 14.1. The molecule has 0 amide bonds. The molecule has 4 heteroatoms. The van der Waals surface area contributed by atoms with E-state index < -0.39 is 0 Å². The van der Waals surface area contributed by atoms with E-state index in [-0.39, 0.29) is 11.9 Å². The van der Waals surface area contributed by atoms with Gasteiger partial charge in [-0.15, -0.1) is 0 Å². The molecule has 0 bridgehead atoms. The third-order valence-electron chi connectivity index (χ3n) is 3.39. The molecule has 0 radical (unpaired) electrons. The highest BCUT2D eigenvalue weighted by molar-refractivity contribution is 5.55. The van der Waals surface area contributed by atoms with E-state index in [1.807, 2.05) is 6.07 Å². The zero-order chi connectivity index (χ0) is 13.0. The molecule has 18 heavy (non-hydrogen) atoms. The van der Waals surface area contributed by atoms with E-state index in [0.29, 0.717) is 25.3 Å². The van der Waals surface area contributed by atoms with Gasteiger partial charge >= 0.3 is 0 Å². The number of hydrogen-bond donors (Lipinski definition) is 1. The van der Waals surface area contributed by atoms with Gasteiger partial charge < -0.3 is 15.4 Å². The van der Waals surface area contributed by atoms with Crippen molar-refractivity contribution in [3.05, 3.63) is 29.6 Å². The minimum atomic E-state index is -0.155. The number of halogens is 1. The van der Waals surface area contributed by atoms with Gasteiger partial charge in [0, 0.05) is 13.1 Å². The third kappa shape index (κ3) is 2.82.